The molecule has 7 rings (SSSR count). The first-order chi connectivity index (χ1) is 20.7. The first-order valence-corrected chi connectivity index (χ1v) is 16.1. The maximum Gasteiger partial charge on any atom is 0.411 e. The number of ether oxygens (including phenoxy) is 2. The summed E-state index contributed by atoms with van der Waals surface area (Å²) in [7, 11) is 0. The van der Waals surface area contributed by atoms with Gasteiger partial charge < -0.3 is 19.7 Å². The van der Waals surface area contributed by atoms with Crippen molar-refractivity contribution in [1.82, 2.24) is 10.2 Å². The molecule has 0 aromatic heterocycles. The molecule has 2 unspecified atom stereocenters. The Bertz CT molecular complexity index is 1210. The molecule has 2 aliphatic heterocycles. The second kappa shape index (κ2) is 12.7. The predicted octanol–water partition coefficient (Wildman–Crippen LogP) is 5.62. The number of carbonyl (C=O) groups is 3. The summed E-state index contributed by atoms with van der Waals surface area (Å²) in [6.07, 6.45) is 3.91. The van der Waals surface area contributed by atoms with Gasteiger partial charge in [-0.1, -0.05) is 23.2 Å². The molecule has 2 N–H and O–H groups in total. The topological polar surface area (TPSA) is 115 Å². The maximum atomic E-state index is 16.1. The van der Waals surface area contributed by atoms with Gasteiger partial charge in [-0.3, -0.25) is 14.9 Å². The van der Waals surface area contributed by atoms with E-state index in [2.05, 4.69) is 10.6 Å². The predicted molar refractivity (Wildman–Crippen MR) is 155 cm³/mol. The van der Waals surface area contributed by atoms with Gasteiger partial charge in [-0.25, -0.2) is 9.18 Å². The van der Waals surface area contributed by atoms with Crippen LogP contribution in [0.15, 0.2) is 18.2 Å². The van der Waals surface area contributed by atoms with E-state index in [1.54, 1.807) is 11.0 Å². The average Bonchev–Trinajstić information content (AvgIpc) is 3.58. The normalized spacial score (nSPS) is 33.3. The highest BCUT2D eigenvalue weighted by Gasteiger charge is 2.68. The fourth-order valence-electron chi connectivity index (χ4n) is 7.78. The van der Waals surface area contributed by atoms with Crippen molar-refractivity contribution in [3.63, 3.8) is 0 Å². The number of halogens is 3. The van der Waals surface area contributed by atoms with Crippen molar-refractivity contribution in [2.24, 2.45) is 23.7 Å². The lowest BCUT2D eigenvalue weighted by Gasteiger charge is -2.57. The molecule has 3 amide bonds. The summed E-state index contributed by atoms with van der Waals surface area (Å²) in [6.45, 7) is 1.02. The van der Waals surface area contributed by atoms with E-state index >= 15 is 4.39 Å². The van der Waals surface area contributed by atoms with Gasteiger partial charge in [0.2, 0.25) is 23.4 Å². The number of benzene rings is 1. The molecule has 6 fully saturated rings. The smallest absolute Gasteiger partial charge is 0.411 e. The van der Waals surface area contributed by atoms with Gasteiger partial charge in [0.05, 0.1) is 10.7 Å². The minimum absolute atomic E-state index is 0.0779. The van der Waals surface area contributed by atoms with Gasteiger partial charge in [-0.05, 0) is 75.0 Å². The van der Waals surface area contributed by atoms with Gasteiger partial charge in [-0.2, -0.15) is 9.78 Å². The van der Waals surface area contributed by atoms with Crippen LogP contribution in [0.25, 0.3) is 0 Å². The highest BCUT2D eigenvalue weighted by Crippen LogP contribution is 2.63. The average molecular weight is 643 g/mol. The Morgan fingerprint density at radius 1 is 1.12 bits per heavy atom. The summed E-state index contributed by atoms with van der Waals surface area (Å²) in [5.74, 6) is -1.78. The Morgan fingerprint density at radius 3 is 2.56 bits per heavy atom. The van der Waals surface area contributed by atoms with Gasteiger partial charge >= 0.3 is 6.09 Å². The third-order valence-electron chi connectivity index (χ3n) is 9.72. The second-order valence-electron chi connectivity index (χ2n) is 12.6. The fourth-order valence-corrected chi connectivity index (χ4v) is 8.12. The van der Waals surface area contributed by atoms with Gasteiger partial charge in [-0.15, -0.1) is 0 Å². The van der Waals surface area contributed by atoms with E-state index in [1.807, 2.05) is 0 Å². The number of likely N-dealkylation sites (tertiary alicyclic amines) is 1. The molecule has 2 saturated heterocycles. The van der Waals surface area contributed by atoms with Gasteiger partial charge in [0.15, 0.2) is 6.17 Å². The Morgan fingerprint density at radius 2 is 1.86 bits per heavy atom. The number of rotatable bonds is 11. The standard InChI is InChI=1S/C30H38Cl2FN3O7/c31-22-4-5-23(32)24(16-22)35-28(39)40-17-25(33)29(7-6-26(37)34-8-2-10-36-9-1-3-27(36)38)41-30(43-42-29)20-12-18-11-19(14-20)15-21(30)13-18/h4-5,16,18-21,25H,1-3,6-15,17H2,(H,34,37)(H,35,39). The van der Waals surface area contributed by atoms with Crippen molar-refractivity contribution in [2.75, 3.05) is 31.6 Å². The number of amides is 3. The molecule has 13 heteroatoms. The van der Waals surface area contributed by atoms with Crippen LogP contribution in [-0.2, 0) is 28.8 Å². The first kappa shape index (κ1) is 30.8. The van der Waals surface area contributed by atoms with Crippen molar-refractivity contribution in [3.05, 3.63) is 28.2 Å². The molecule has 6 aliphatic rings. The minimum Gasteiger partial charge on any atom is -0.446 e. The summed E-state index contributed by atoms with van der Waals surface area (Å²) in [6, 6.07) is 4.54. The van der Waals surface area contributed by atoms with E-state index in [4.69, 9.17) is 42.5 Å². The number of hydrogen-bond donors (Lipinski definition) is 2. The number of alkyl halides is 1. The van der Waals surface area contributed by atoms with Crippen LogP contribution in [0.2, 0.25) is 10.0 Å². The third kappa shape index (κ3) is 6.47. The zero-order valence-electron chi connectivity index (χ0n) is 24.0. The third-order valence-corrected chi connectivity index (χ3v) is 10.3. The molecular weight excluding hydrogens is 604 g/mol. The maximum absolute atomic E-state index is 16.1. The van der Waals surface area contributed by atoms with E-state index < -0.39 is 30.4 Å². The van der Waals surface area contributed by atoms with Crippen LogP contribution in [-0.4, -0.2) is 66.8 Å². The van der Waals surface area contributed by atoms with Crippen LogP contribution in [0.3, 0.4) is 0 Å². The first-order valence-electron chi connectivity index (χ1n) is 15.3. The highest BCUT2D eigenvalue weighted by atomic mass is 35.5. The van der Waals surface area contributed by atoms with Gasteiger partial charge in [0.25, 0.3) is 0 Å². The van der Waals surface area contributed by atoms with Crippen molar-refractivity contribution < 1.29 is 38.0 Å². The molecule has 10 nitrogen and oxygen atoms in total. The molecule has 4 bridgehead atoms. The summed E-state index contributed by atoms with van der Waals surface area (Å²) in [5.41, 5.74) is 0.222. The van der Waals surface area contributed by atoms with E-state index in [9.17, 15) is 14.4 Å². The van der Waals surface area contributed by atoms with Gasteiger partial charge in [0.1, 0.15) is 6.61 Å². The Labute approximate surface area is 260 Å². The van der Waals surface area contributed by atoms with Crippen molar-refractivity contribution in [1.29, 1.82) is 0 Å². The van der Waals surface area contributed by atoms with Crippen LogP contribution in [0, 0.1) is 23.7 Å². The Hall–Kier alpha value is -2.18. The summed E-state index contributed by atoms with van der Waals surface area (Å²) in [5, 5.41) is 5.91. The lowest BCUT2D eigenvalue weighted by molar-refractivity contribution is -0.392. The van der Waals surface area contributed by atoms with Crippen molar-refractivity contribution >= 4 is 46.8 Å². The molecule has 236 valence electrons. The summed E-state index contributed by atoms with van der Waals surface area (Å²) >= 11 is 12.1. The number of carbonyl (C=O) groups excluding carboxylic acids is 3. The lowest BCUT2D eigenvalue weighted by atomic mass is 9.53. The highest BCUT2D eigenvalue weighted by molar-refractivity contribution is 6.35. The second-order valence-corrected chi connectivity index (χ2v) is 13.5. The minimum atomic E-state index is -1.95. The monoisotopic (exact) mass is 641 g/mol. The van der Waals surface area contributed by atoms with Crippen LogP contribution < -0.4 is 10.6 Å². The van der Waals surface area contributed by atoms with Crippen molar-refractivity contribution in [2.45, 2.75) is 82.0 Å². The van der Waals surface area contributed by atoms with E-state index in [0.29, 0.717) is 42.8 Å². The van der Waals surface area contributed by atoms with Crippen LogP contribution in [0.1, 0.15) is 64.2 Å². The Balaban J connectivity index is 1.08. The zero-order chi connectivity index (χ0) is 30.2. The fraction of sp³-hybridized carbons (Fsp3) is 0.700. The van der Waals surface area contributed by atoms with Gasteiger partial charge in [0, 0.05) is 55.8 Å². The molecule has 2 atom stereocenters. The van der Waals surface area contributed by atoms with Crippen LogP contribution >= 0.6 is 23.2 Å². The van der Waals surface area contributed by atoms with E-state index in [0.717, 1.165) is 38.6 Å². The molecule has 0 radical (unpaired) electrons. The molecule has 4 aliphatic carbocycles. The molecule has 1 aromatic rings. The number of nitrogens with zero attached hydrogens (tertiary/aromatic N) is 1. The largest absolute Gasteiger partial charge is 0.446 e. The van der Waals surface area contributed by atoms with Crippen LogP contribution in [0.4, 0.5) is 14.9 Å². The SMILES string of the molecule is O=C(CCC1(C(F)COC(=O)Nc2cc(Cl)ccc2Cl)OOC2(O1)C1CC3CC(C1)CC2C3)NCCCN1CCCC1=O. The quantitative estimate of drug-likeness (QED) is 0.238. The number of hydrogen-bond acceptors (Lipinski definition) is 7. The lowest BCUT2D eigenvalue weighted by Crippen LogP contribution is -2.60. The van der Waals surface area contributed by atoms with Crippen molar-refractivity contribution in [3.8, 4) is 0 Å². The molecule has 1 spiro atoms. The zero-order valence-corrected chi connectivity index (χ0v) is 25.5. The molecule has 1 aromatic carbocycles. The summed E-state index contributed by atoms with van der Waals surface area (Å²) < 4.78 is 27.8. The molecule has 43 heavy (non-hydrogen) atoms. The molecule has 4 saturated carbocycles. The number of anilines is 1. The molecular formula is C30H38Cl2FN3O7. The van der Waals surface area contributed by atoms with E-state index in [-0.39, 0.29) is 47.2 Å². The van der Waals surface area contributed by atoms with E-state index in [1.165, 1.54) is 18.6 Å². The molecule has 2 heterocycles. The summed E-state index contributed by atoms with van der Waals surface area (Å²) in [4.78, 5) is 50.6. The van der Waals surface area contributed by atoms with Crippen LogP contribution in [0.5, 0.6) is 0 Å². The Kier molecular flexibility index (Phi) is 9.08. The number of nitrogens with one attached hydrogen (secondary N) is 2.